The summed E-state index contributed by atoms with van der Waals surface area (Å²) in [5.74, 6) is 0.0585. The normalized spacial score (nSPS) is 23.0. The van der Waals surface area contributed by atoms with Crippen molar-refractivity contribution in [2.24, 2.45) is 11.1 Å². The average molecular weight is 326 g/mol. The van der Waals surface area contributed by atoms with Crippen molar-refractivity contribution in [3.8, 4) is 0 Å². The molecule has 0 radical (unpaired) electrons. The lowest BCUT2D eigenvalue weighted by molar-refractivity contribution is -0.120. The number of amides is 1. The highest BCUT2D eigenvalue weighted by molar-refractivity contribution is 5.95. The Morgan fingerprint density at radius 3 is 2.68 bits per heavy atom. The van der Waals surface area contributed by atoms with Crippen LogP contribution < -0.4 is 11.1 Å². The second kappa shape index (κ2) is 7.44. The smallest absolute Gasteiger partial charge is 0.241 e. The van der Waals surface area contributed by atoms with Crippen LogP contribution in [0.3, 0.4) is 0 Å². The molecule has 1 heterocycles. The van der Waals surface area contributed by atoms with E-state index in [1.54, 1.807) is 0 Å². The number of likely N-dealkylation sites (tertiary alicyclic amines) is 1. The molecule has 1 aromatic rings. The third-order valence-corrected chi connectivity index (χ3v) is 4.65. The zero-order chi connectivity index (χ0) is 15.6. The summed E-state index contributed by atoms with van der Waals surface area (Å²) in [5, 5.41) is 3.05. The van der Waals surface area contributed by atoms with Crippen molar-refractivity contribution < 1.29 is 4.79 Å². The molecule has 1 amide bonds. The van der Waals surface area contributed by atoms with Crippen molar-refractivity contribution in [2.75, 3.05) is 25.0 Å². The van der Waals surface area contributed by atoms with Crippen LogP contribution in [0.4, 0.5) is 5.69 Å². The van der Waals surface area contributed by atoms with Gasteiger partial charge in [-0.3, -0.25) is 9.69 Å². The Balaban J connectivity index is 0.00000242. The molecule has 0 saturated carbocycles. The van der Waals surface area contributed by atoms with Crippen LogP contribution in [0.5, 0.6) is 0 Å². The SMILES string of the molecule is Cc1ccc(NC(=O)C(C)N2CCC(C)(CN)C2)c(C)c1.Cl. The van der Waals surface area contributed by atoms with Crippen LogP contribution in [0.25, 0.3) is 0 Å². The lowest BCUT2D eigenvalue weighted by Gasteiger charge is -2.26. The van der Waals surface area contributed by atoms with Crippen molar-refractivity contribution in [3.63, 3.8) is 0 Å². The third kappa shape index (κ3) is 4.22. The minimum Gasteiger partial charge on any atom is -0.330 e. The number of nitrogens with two attached hydrogens (primary N) is 1. The largest absolute Gasteiger partial charge is 0.330 e. The maximum Gasteiger partial charge on any atom is 0.241 e. The molecule has 3 N–H and O–H groups in total. The van der Waals surface area contributed by atoms with E-state index >= 15 is 0 Å². The van der Waals surface area contributed by atoms with Gasteiger partial charge in [-0.1, -0.05) is 24.6 Å². The lowest BCUT2D eigenvalue weighted by Crippen LogP contribution is -2.42. The van der Waals surface area contributed by atoms with Crippen molar-refractivity contribution >= 4 is 24.0 Å². The van der Waals surface area contributed by atoms with E-state index in [-0.39, 0.29) is 29.8 Å². The van der Waals surface area contributed by atoms with E-state index in [0.717, 1.165) is 30.8 Å². The summed E-state index contributed by atoms with van der Waals surface area (Å²) >= 11 is 0. The van der Waals surface area contributed by atoms with Crippen LogP contribution in [0.15, 0.2) is 18.2 Å². The third-order valence-electron chi connectivity index (χ3n) is 4.65. The molecule has 4 nitrogen and oxygen atoms in total. The van der Waals surface area contributed by atoms with Crippen molar-refractivity contribution in [1.82, 2.24) is 4.90 Å². The van der Waals surface area contributed by atoms with Crippen LogP contribution in [0.2, 0.25) is 0 Å². The topological polar surface area (TPSA) is 58.4 Å². The first-order valence-electron chi connectivity index (χ1n) is 7.67. The van der Waals surface area contributed by atoms with Gasteiger partial charge < -0.3 is 11.1 Å². The summed E-state index contributed by atoms with van der Waals surface area (Å²) in [7, 11) is 0. The van der Waals surface area contributed by atoms with Gasteiger partial charge in [0.2, 0.25) is 5.91 Å². The highest BCUT2D eigenvalue weighted by Gasteiger charge is 2.36. The fourth-order valence-electron chi connectivity index (χ4n) is 2.92. The molecule has 1 aromatic carbocycles. The monoisotopic (exact) mass is 325 g/mol. The van der Waals surface area contributed by atoms with Gasteiger partial charge in [-0.25, -0.2) is 0 Å². The molecule has 0 aromatic heterocycles. The molecular formula is C17H28ClN3O. The predicted molar refractivity (Wildman–Crippen MR) is 94.6 cm³/mol. The molecule has 2 atom stereocenters. The second-order valence-corrected chi connectivity index (χ2v) is 6.72. The summed E-state index contributed by atoms with van der Waals surface area (Å²) < 4.78 is 0. The first-order chi connectivity index (χ1) is 9.84. The number of rotatable bonds is 4. The Labute approximate surface area is 139 Å². The molecule has 0 spiro atoms. The Bertz CT molecular complexity index is 535. The standard InChI is InChI=1S/C17H27N3O.ClH/c1-12-5-6-15(13(2)9-12)19-16(21)14(3)20-8-7-17(4,10-18)11-20;/h5-6,9,14H,7-8,10-11,18H2,1-4H3,(H,19,21);1H. The number of anilines is 1. The van der Waals surface area contributed by atoms with E-state index in [1.807, 2.05) is 26.0 Å². The van der Waals surface area contributed by atoms with Crippen LogP contribution in [0.1, 0.15) is 31.4 Å². The summed E-state index contributed by atoms with van der Waals surface area (Å²) in [6.45, 7) is 10.8. The van der Waals surface area contributed by atoms with E-state index in [2.05, 4.69) is 30.1 Å². The molecule has 0 aliphatic carbocycles. The number of hydrogen-bond donors (Lipinski definition) is 2. The summed E-state index contributed by atoms with van der Waals surface area (Å²) in [5.41, 5.74) is 9.19. The minimum absolute atomic E-state index is 0. The van der Waals surface area contributed by atoms with E-state index in [9.17, 15) is 4.79 Å². The number of halogens is 1. The first kappa shape index (κ1) is 18.9. The van der Waals surface area contributed by atoms with Gasteiger partial charge in [0, 0.05) is 12.2 Å². The van der Waals surface area contributed by atoms with E-state index in [0.29, 0.717) is 6.54 Å². The second-order valence-electron chi connectivity index (χ2n) is 6.72. The molecule has 5 heteroatoms. The number of nitrogens with zero attached hydrogens (tertiary/aromatic N) is 1. The molecule has 0 bridgehead atoms. The van der Waals surface area contributed by atoms with Gasteiger partial charge in [-0.2, -0.15) is 0 Å². The number of benzene rings is 1. The van der Waals surface area contributed by atoms with Gasteiger partial charge in [0.1, 0.15) is 0 Å². The number of carbonyl (C=O) groups is 1. The average Bonchev–Trinajstić information content (AvgIpc) is 2.84. The van der Waals surface area contributed by atoms with Gasteiger partial charge in [0.05, 0.1) is 6.04 Å². The highest BCUT2D eigenvalue weighted by atomic mass is 35.5. The quantitative estimate of drug-likeness (QED) is 0.895. The number of hydrogen-bond acceptors (Lipinski definition) is 3. The summed E-state index contributed by atoms with van der Waals surface area (Å²) in [4.78, 5) is 14.7. The van der Waals surface area contributed by atoms with Crippen LogP contribution in [0, 0.1) is 19.3 Å². The fraction of sp³-hybridized carbons (Fsp3) is 0.588. The van der Waals surface area contributed by atoms with Crippen LogP contribution in [-0.4, -0.2) is 36.5 Å². The number of aryl methyl sites for hydroxylation is 2. The summed E-state index contributed by atoms with van der Waals surface area (Å²) in [6.07, 6.45) is 1.06. The van der Waals surface area contributed by atoms with Gasteiger partial charge >= 0.3 is 0 Å². The minimum atomic E-state index is -0.126. The van der Waals surface area contributed by atoms with Crippen molar-refractivity contribution in [3.05, 3.63) is 29.3 Å². The van der Waals surface area contributed by atoms with Gasteiger partial charge in [0.25, 0.3) is 0 Å². The Hall–Kier alpha value is -1.10. The number of nitrogens with one attached hydrogen (secondary N) is 1. The van der Waals surface area contributed by atoms with E-state index < -0.39 is 0 Å². The maximum absolute atomic E-state index is 12.5. The van der Waals surface area contributed by atoms with E-state index in [1.165, 1.54) is 5.56 Å². The molecule has 124 valence electrons. The predicted octanol–water partition coefficient (Wildman–Crippen LogP) is 2.72. The van der Waals surface area contributed by atoms with Crippen LogP contribution in [-0.2, 0) is 4.79 Å². The molecule has 1 aliphatic rings. The zero-order valence-corrected chi connectivity index (χ0v) is 14.8. The van der Waals surface area contributed by atoms with Crippen molar-refractivity contribution in [2.45, 2.75) is 40.2 Å². The molecule has 1 saturated heterocycles. The Kier molecular flexibility index (Phi) is 6.41. The highest BCUT2D eigenvalue weighted by Crippen LogP contribution is 2.30. The van der Waals surface area contributed by atoms with Crippen molar-refractivity contribution in [1.29, 1.82) is 0 Å². The molecule has 2 unspecified atom stereocenters. The maximum atomic E-state index is 12.5. The van der Waals surface area contributed by atoms with Gasteiger partial charge in [-0.15, -0.1) is 12.4 Å². The fourth-order valence-corrected chi connectivity index (χ4v) is 2.92. The molecule has 2 rings (SSSR count). The molecule has 1 fully saturated rings. The van der Waals surface area contributed by atoms with Gasteiger partial charge in [-0.05, 0) is 57.3 Å². The molecule has 22 heavy (non-hydrogen) atoms. The Morgan fingerprint density at radius 2 is 2.14 bits per heavy atom. The molecular weight excluding hydrogens is 298 g/mol. The Morgan fingerprint density at radius 1 is 1.45 bits per heavy atom. The zero-order valence-electron chi connectivity index (χ0n) is 14.0. The first-order valence-corrected chi connectivity index (χ1v) is 7.67. The number of carbonyl (C=O) groups excluding carboxylic acids is 1. The van der Waals surface area contributed by atoms with Gasteiger partial charge in [0.15, 0.2) is 0 Å². The molecule has 1 aliphatic heterocycles. The summed E-state index contributed by atoms with van der Waals surface area (Å²) in [6, 6.07) is 5.96. The lowest BCUT2D eigenvalue weighted by atomic mass is 9.90. The van der Waals surface area contributed by atoms with E-state index in [4.69, 9.17) is 5.73 Å². The van der Waals surface area contributed by atoms with Crippen LogP contribution >= 0.6 is 12.4 Å².